The molecule has 0 aromatic carbocycles. The summed E-state index contributed by atoms with van der Waals surface area (Å²) in [7, 11) is 1.96. The lowest BCUT2D eigenvalue weighted by atomic mass is 9.69. The average Bonchev–Trinajstić information content (AvgIpc) is 2.89. The van der Waals surface area contributed by atoms with Gasteiger partial charge in [0, 0.05) is 12.3 Å². The number of hydroxylamine groups is 2. The molecule has 0 aromatic rings. The second-order valence-corrected chi connectivity index (χ2v) is 7.83. The molecule has 3 unspecified atom stereocenters. The molecule has 0 bridgehead atoms. The minimum absolute atomic E-state index is 0.180. The summed E-state index contributed by atoms with van der Waals surface area (Å²) in [5.41, 5.74) is -0.327. The fourth-order valence-corrected chi connectivity index (χ4v) is 5.03. The monoisotopic (exact) mass is 309 g/mol. The number of carbonyl (C=O) groups is 1. The molecule has 0 radical (unpaired) electrons. The number of aliphatic hydroxyl groups is 1. The van der Waals surface area contributed by atoms with Crippen LogP contribution in [0.15, 0.2) is 0 Å². The third-order valence-corrected chi connectivity index (χ3v) is 6.18. The molecule has 2 aliphatic heterocycles. The van der Waals surface area contributed by atoms with Gasteiger partial charge in [-0.3, -0.25) is 4.84 Å². The van der Waals surface area contributed by atoms with Gasteiger partial charge in [-0.2, -0.15) is 4.58 Å². The van der Waals surface area contributed by atoms with Gasteiger partial charge in [-0.05, 0) is 31.6 Å². The van der Waals surface area contributed by atoms with E-state index in [1.54, 1.807) is 0 Å². The number of nitrogens with zero attached hydrogens (tertiary/aromatic N) is 2. The summed E-state index contributed by atoms with van der Waals surface area (Å²) in [4.78, 5) is 17.6. The van der Waals surface area contributed by atoms with Crippen LogP contribution >= 0.6 is 0 Å². The Labute approximate surface area is 132 Å². The minimum Gasteiger partial charge on any atom is -0.462 e. The zero-order chi connectivity index (χ0) is 16.2. The highest BCUT2D eigenvalue weighted by molar-refractivity contribution is 5.81. The van der Waals surface area contributed by atoms with Crippen molar-refractivity contribution < 1.29 is 19.3 Å². The molecule has 1 saturated carbocycles. The summed E-state index contributed by atoms with van der Waals surface area (Å²) in [5.74, 6) is 1.49. The van der Waals surface area contributed by atoms with Crippen molar-refractivity contribution in [2.24, 2.45) is 23.7 Å². The molecule has 5 nitrogen and oxygen atoms in total. The lowest BCUT2D eigenvalue weighted by Crippen LogP contribution is -2.60. The van der Waals surface area contributed by atoms with Crippen molar-refractivity contribution in [2.75, 3.05) is 7.05 Å². The number of hydrogen-bond acceptors (Lipinski definition) is 3. The van der Waals surface area contributed by atoms with Gasteiger partial charge < -0.3 is 9.90 Å². The van der Waals surface area contributed by atoms with Gasteiger partial charge in [0.1, 0.15) is 13.3 Å². The van der Waals surface area contributed by atoms with Gasteiger partial charge in [0.05, 0.1) is 12.0 Å². The number of hydrogen-bond donors (Lipinski definition) is 1. The first-order valence-corrected chi connectivity index (χ1v) is 8.55. The summed E-state index contributed by atoms with van der Waals surface area (Å²) in [6.45, 7) is 8.69. The molecule has 22 heavy (non-hydrogen) atoms. The Morgan fingerprint density at radius 3 is 2.68 bits per heavy atom. The van der Waals surface area contributed by atoms with Crippen LogP contribution in [0.3, 0.4) is 0 Å². The molecular formula is C17H29N2O3+. The third-order valence-electron chi connectivity index (χ3n) is 6.18. The predicted octanol–water partition coefficient (Wildman–Crippen LogP) is 2.21. The lowest BCUT2D eigenvalue weighted by molar-refractivity contribution is -0.643. The zero-order valence-electron chi connectivity index (χ0n) is 14.3. The molecule has 3 rings (SSSR count). The molecule has 2 fully saturated rings. The number of aldehydes is 1. The van der Waals surface area contributed by atoms with Gasteiger partial charge in [-0.25, -0.2) is 0 Å². The van der Waals surface area contributed by atoms with E-state index in [-0.39, 0.29) is 23.7 Å². The van der Waals surface area contributed by atoms with E-state index in [1.807, 2.05) is 23.6 Å². The summed E-state index contributed by atoms with van der Waals surface area (Å²) in [6, 6.07) is -0.330. The largest absolute Gasteiger partial charge is 0.462 e. The van der Waals surface area contributed by atoms with Crippen LogP contribution in [0.2, 0.25) is 0 Å². The van der Waals surface area contributed by atoms with Crippen LogP contribution in [0.25, 0.3) is 0 Å². The van der Waals surface area contributed by atoms with Crippen molar-refractivity contribution in [3.63, 3.8) is 0 Å². The highest BCUT2D eigenvalue weighted by atomic mass is 16.7. The van der Waals surface area contributed by atoms with Crippen molar-refractivity contribution in [2.45, 2.75) is 64.8 Å². The standard InChI is InChI=1S/C17H28N2O3/c1-10(2)14-7-6-11(3)8-17(14)18(5)16(21)15-13(9-20)12(4)22-19(15)17/h9-15H,6-8H2,1-5H3/p+1/t11?,12-,13-,14?,15+,17?/m1/s1. The van der Waals surface area contributed by atoms with Gasteiger partial charge >= 0.3 is 5.90 Å². The second kappa shape index (κ2) is 5.31. The maximum Gasteiger partial charge on any atom is 0.356 e. The van der Waals surface area contributed by atoms with Gasteiger partial charge in [-0.1, -0.05) is 20.8 Å². The van der Waals surface area contributed by atoms with Crippen LogP contribution in [-0.2, 0) is 9.63 Å². The van der Waals surface area contributed by atoms with Crippen LogP contribution in [0.4, 0.5) is 0 Å². The summed E-state index contributed by atoms with van der Waals surface area (Å²) < 4.78 is 2.00. The lowest BCUT2D eigenvalue weighted by Gasteiger charge is -2.45. The first-order chi connectivity index (χ1) is 10.3. The molecule has 0 aromatic heterocycles. The van der Waals surface area contributed by atoms with Gasteiger partial charge in [0.15, 0.2) is 6.04 Å². The van der Waals surface area contributed by atoms with E-state index >= 15 is 0 Å². The number of fused-ring (bicyclic) bond motifs is 2. The second-order valence-electron chi connectivity index (χ2n) is 7.83. The zero-order valence-corrected chi connectivity index (χ0v) is 14.3. The Kier molecular flexibility index (Phi) is 3.84. The Morgan fingerprint density at radius 1 is 1.41 bits per heavy atom. The predicted molar refractivity (Wildman–Crippen MR) is 83.6 cm³/mol. The van der Waals surface area contributed by atoms with E-state index < -0.39 is 0 Å². The van der Waals surface area contributed by atoms with Gasteiger partial charge in [-0.15, -0.1) is 5.06 Å². The Balaban J connectivity index is 2.10. The number of carbonyl (C=O) groups excluding carboxylic acids is 1. The van der Waals surface area contributed by atoms with Crippen molar-refractivity contribution in [1.29, 1.82) is 0 Å². The van der Waals surface area contributed by atoms with Crippen molar-refractivity contribution in [1.82, 2.24) is 5.06 Å². The van der Waals surface area contributed by atoms with E-state index in [2.05, 4.69) is 20.8 Å². The highest BCUT2D eigenvalue weighted by Crippen LogP contribution is 2.51. The average molecular weight is 309 g/mol. The Hall–Kier alpha value is -0.940. The number of aliphatic hydroxyl groups excluding tert-OH is 1. The summed E-state index contributed by atoms with van der Waals surface area (Å²) in [6.07, 6.45) is 4.06. The van der Waals surface area contributed by atoms with Gasteiger partial charge in [0.25, 0.3) is 0 Å². The molecular weight excluding hydrogens is 280 g/mol. The van der Waals surface area contributed by atoms with Crippen LogP contribution in [0.5, 0.6) is 0 Å². The molecule has 5 heteroatoms. The maximum atomic E-state index is 11.5. The topological polar surface area (TPSA) is 52.8 Å². The van der Waals surface area contributed by atoms with E-state index in [0.717, 1.165) is 19.1 Å². The Morgan fingerprint density at radius 2 is 2.09 bits per heavy atom. The summed E-state index contributed by atoms with van der Waals surface area (Å²) in [5, 5.41) is 12.7. The normalized spacial score (nSPS) is 45.8. The van der Waals surface area contributed by atoms with E-state index in [4.69, 9.17) is 4.84 Å². The smallest absolute Gasteiger partial charge is 0.356 e. The minimum atomic E-state index is -0.330. The fourth-order valence-electron chi connectivity index (χ4n) is 5.03. The quantitative estimate of drug-likeness (QED) is 0.628. The van der Waals surface area contributed by atoms with Crippen molar-refractivity contribution in [3.8, 4) is 0 Å². The molecule has 0 amide bonds. The highest BCUT2D eigenvalue weighted by Gasteiger charge is 2.70. The van der Waals surface area contributed by atoms with Crippen LogP contribution in [0, 0.1) is 23.7 Å². The molecule has 3 aliphatic rings. The molecule has 6 atom stereocenters. The first-order valence-electron chi connectivity index (χ1n) is 8.55. The molecule has 124 valence electrons. The Bertz CT molecular complexity index is 504. The molecule has 1 aliphatic carbocycles. The van der Waals surface area contributed by atoms with E-state index in [1.165, 1.54) is 6.42 Å². The molecule has 1 N–H and O–H groups in total. The third kappa shape index (κ3) is 1.91. The molecule has 2 heterocycles. The van der Waals surface area contributed by atoms with Crippen LogP contribution in [-0.4, -0.2) is 51.8 Å². The number of rotatable bonds is 2. The maximum absolute atomic E-state index is 11.5. The van der Waals surface area contributed by atoms with Gasteiger partial charge in [0.2, 0.25) is 5.66 Å². The van der Waals surface area contributed by atoms with Crippen molar-refractivity contribution >= 4 is 12.2 Å². The first kappa shape index (κ1) is 15.9. The van der Waals surface area contributed by atoms with E-state index in [9.17, 15) is 9.90 Å². The van der Waals surface area contributed by atoms with Crippen molar-refractivity contribution in [3.05, 3.63) is 0 Å². The van der Waals surface area contributed by atoms with E-state index in [0.29, 0.717) is 23.7 Å². The van der Waals surface area contributed by atoms with Crippen LogP contribution in [0.1, 0.15) is 47.0 Å². The SMILES string of the molecule is CC1CCC(C(C)C)C2(C1)N1O[C@H](C)[C@@H](C=O)[C@H]1C(O)=[N+]2C. The molecule has 1 spiro atoms. The summed E-state index contributed by atoms with van der Waals surface area (Å²) >= 11 is 0. The molecule has 1 saturated heterocycles. The fraction of sp³-hybridized carbons (Fsp3) is 0.882. The van der Waals surface area contributed by atoms with Crippen LogP contribution < -0.4 is 0 Å².